The van der Waals surface area contributed by atoms with Crippen LogP contribution in [0.3, 0.4) is 0 Å². The highest BCUT2D eigenvalue weighted by Crippen LogP contribution is 2.14. The zero-order valence-corrected chi connectivity index (χ0v) is 16.6. The van der Waals surface area contributed by atoms with E-state index in [1.54, 1.807) is 32.5 Å². The Bertz CT molecular complexity index is 925. The molecule has 0 saturated heterocycles. The summed E-state index contributed by atoms with van der Waals surface area (Å²) in [6, 6.07) is 19.1. The molecule has 2 N–H and O–H groups in total. The first kappa shape index (κ1) is 20.2. The van der Waals surface area contributed by atoms with E-state index in [0.717, 1.165) is 29.0 Å². The van der Waals surface area contributed by atoms with E-state index in [1.165, 1.54) is 0 Å². The van der Waals surface area contributed by atoms with E-state index in [9.17, 15) is 4.79 Å². The number of benzene rings is 2. The molecule has 0 unspecified atom stereocenters. The van der Waals surface area contributed by atoms with Crippen molar-refractivity contribution in [2.75, 3.05) is 26.1 Å². The Morgan fingerprint density at radius 3 is 2.14 bits per heavy atom. The third-order valence-electron chi connectivity index (χ3n) is 4.51. The topological polar surface area (TPSA) is 72.5 Å². The lowest BCUT2D eigenvalue weighted by molar-refractivity contribution is 0.0954. The molecule has 3 aromatic rings. The summed E-state index contributed by atoms with van der Waals surface area (Å²) in [5.74, 6) is 2.18. The maximum absolute atomic E-state index is 12.4. The van der Waals surface area contributed by atoms with Crippen molar-refractivity contribution in [3.63, 3.8) is 0 Å². The van der Waals surface area contributed by atoms with Gasteiger partial charge >= 0.3 is 0 Å². The van der Waals surface area contributed by atoms with Crippen LogP contribution in [0.1, 0.15) is 21.5 Å². The minimum atomic E-state index is -0.117. The van der Waals surface area contributed by atoms with Crippen LogP contribution in [0.15, 0.2) is 66.9 Å². The van der Waals surface area contributed by atoms with Crippen LogP contribution in [0.5, 0.6) is 11.5 Å². The summed E-state index contributed by atoms with van der Waals surface area (Å²) in [5.41, 5.74) is 2.82. The van der Waals surface area contributed by atoms with Gasteiger partial charge in [0.25, 0.3) is 5.91 Å². The zero-order chi connectivity index (χ0) is 20.5. The van der Waals surface area contributed by atoms with E-state index in [0.29, 0.717) is 24.5 Å². The second-order valence-corrected chi connectivity index (χ2v) is 6.49. The van der Waals surface area contributed by atoms with E-state index in [1.807, 2.05) is 48.5 Å². The predicted molar refractivity (Wildman–Crippen MR) is 114 cm³/mol. The van der Waals surface area contributed by atoms with Gasteiger partial charge in [-0.3, -0.25) is 4.79 Å². The van der Waals surface area contributed by atoms with Gasteiger partial charge in [-0.15, -0.1) is 0 Å². The summed E-state index contributed by atoms with van der Waals surface area (Å²) >= 11 is 0. The molecule has 0 atom stereocenters. The highest BCUT2D eigenvalue weighted by molar-refractivity contribution is 5.94. The molecule has 0 aliphatic carbocycles. The molecule has 0 bridgehead atoms. The van der Waals surface area contributed by atoms with Crippen molar-refractivity contribution >= 4 is 11.7 Å². The van der Waals surface area contributed by atoms with Gasteiger partial charge in [0.15, 0.2) is 0 Å². The minimum absolute atomic E-state index is 0.117. The Morgan fingerprint density at radius 2 is 1.52 bits per heavy atom. The lowest BCUT2D eigenvalue weighted by atomic mass is 10.1. The molecule has 29 heavy (non-hydrogen) atoms. The van der Waals surface area contributed by atoms with Crippen molar-refractivity contribution in [2.45, 2.75) is 13.0 Å². The van der Waals surface area contributed by atoms with Gasteiger partial charge in [-0.05, 0) is 53.9 Å². The number of methoxy groups -OCH3 is 2. The lowest BCUT2D eigenvalue weighted by Crippen LogP contribution is -2.25. The fourth-order valence-corrected chi connectivity index (χ4v) is 2.82. The molecule has 0 radical (unpaired) electrons. The third-order valence-corrected chi connectivity index (χ3v) is 4.51. The van der Waals surface area contributed by atoms with Crippen molar-refractivity contribution in [1.29, 1.82) is 0 Å². The SMILES string of the molecule is COc1ccc(CCNC(=O)c2ccnc(NCc3ccc(OC)cc3)c2)cc1. The van der Waals surface area contributed by atoms with Gasteiger partial charge in [0.2, 0.25) is 0 Å². The van der Waals surface area contributed by atoms with Crippen molar-refractivity contribution in [1.82, 2.24) is 10.3 Å². The molecule has 0 spiro atoms. The Balaban J connectivity index is 1.50. The van der Waals surface area contributed by atoms with Crippen LogP contribution in [0.25, 0.3) is 0 Å². The molecule has 0 aliphatic heterocycles. The fourth-order valence-electron chi connectivity index (χ4n) is 2.82. The number of amides is 1. The maximum atomic E-state index is 12.4. The van der Waals surface area contributed by atoms with Crippen LogP contribution in [0.2, 0.25) is 0 Å². The lowest BCUT2D eigenvalue weighted by Gasteiger charge is -2.09. The first-order chi connectivity index (χ1) is 14.2. The maximum Gasteiger partial charge on any atom is 0.251 e. The van der Waals surface area contributed by atoms with Crippen LogP contribution in [0, 0.1) is 0 Å². The average molecular weight is 391 g/mol. The van der Waals surface area contributed by atoms with E-state index in [4.69, 9.17) is 9.47 Å². The van der Waals surface area contributed by atoms with Gasteiger partial charge in [-0.2, -0.15) is 0 Å². The number of rotatable bonds is 9. The van der Waals surface area contributed by atoms with E-state index < -0.39 is 0 Å². The molecular formula is C23H25N3O3. The molecule has 2 aromatic carbocycles. The fraction of sp³-hybridized carbons (Fsp3) is 0.217. The number of carbonyl (C=O) groups excluding carboxylic acids is 1. The van der Waals surface area contributed by atoms with E-state index in [-0.39, 0.29) is 5.91 Å². The summed E-state index contributed by atoms with van der Waals surface area (Å²) in [5, 5.41) is 6.19. The molecule has 0 saturated carbocycles. The smallest absolute Gasteiger partial charge is 0.251 e. The number of carbonyl (C=O) groups is 1. The van der Waals surface area contributed by atoms with Crippen molar-refractivity contribution in [3.05, 3.63) is 83.6 Å². The molecule has 6 heteroatoms. The predicted octanol–water partition coefficient (Wildman–Crippen LogP) is 3.68. The summed E-state index contributed by atoms with van der Waals surface area (Å²) in [7, 11) is 3.29. The molecule has 1 aromatic heterocycles. The van der Waals surface area contributed by atoms with Crippen molar-refractivity contribution < 1.29 is 14.3 Å². The minimum Gasteiger partial charge on any atom is -0.497 e. The molecule has 1 heterocycles. The summed E-state index contributed by atoms with van der Waals surface area (Å²) in [6.45, 7) is 1.17. The molecule has 150 valence electrons. The molecular weight excluding hydrogens is 366 g/mol. The van der Waals surface area contributed by atoms with Gasteiger partial charge in [0.05, 0.1) is 14.2 Å². The van der Waals surface area contributed by atoms with Gasteiger partial charge in [0.1, 0.15) is 17.3 Å². The normalized spacial score (nSPS) is 10.3. The number of aromatic nitrogens is 1. The second-order valence-electron chi connectivity index (χ2n) is 6.49. The Hall–Kier alpha value is -3.54. The number of anilines is 1. The second kappa shape index (κ2) is 10.1. The number of nitrogens with one attached hydrogen (secondary N) is 2. The van der Waals surface area contributed by atoms with Crippen LogP contribution in [0.4, 0.5) is 5.82 Å². The van der Waals surface area contributed by atoms with Crippen molar-refractivity contribution in [2.24, 2.45) is 0 Å². The number of nitrogens with zero attached hydrogens (tertiary/aromatic N) is 1. The summed E-state index contributed by atoms with van der Waals surface area (Å²) in [4.78, 5) is 16.7. The standard InChI is InChI=1S/C23H25N3O3/c1-28-20-7-3-17(4-8-20)11-13-25-23(27)19-12-14-24-22(15-19)26-16-18-5-9-21(29-2)10-6-18/h3-10,12,14-15H,11,13,16H2,1-2H3,(H,24,26)(H,25,27). The highest BCUT2D eigenvalue weighted by Gasteiger charge is 2.07. The number of hydrogen-bond acceptors (Lipinski definition) is 5. The van der Waals surface area contributed by atoms with E-state index in [2.05, 4.69) is 15.6 Å². The van der Waals surface area contributed by atoms with Crippen LogP contribution < -0.4 is 20.1 Å². The Labute approximate surface area is 170 Å². The molecule has 6 nitrogen and oxygen atoms in total. The van der Waals surface area contributed by atoms with Gasteiger partial charge in [-0.1, -0.05) is 24.3 Å². The van der Waals surface area contributed by atoms with Gasteiger partial charge in [-0.25, -0.2) is 4.98 Å². The van der Waals surface area contributed by atoms with Crippen molar-refractivity contribution in [3.8, 4) is 11.5 Å². The van der Waals surface area contributed by atoms with Crippen LogP contribution >= 0.6 is 0 Å². The van der Waals surface area contributed by atoms with Crippen LogP contribution in [-0.2, 0) is 13.0 Å². The Morgan fingerprint density at radius 1 is 0.897 bits per heavy atom. The number of hydrogen-bond donors (Lipinski definition) is 2. The van der Waals surface area contributed by atoms with Gasteiger partial charge < -0.3 is 20.1 Å². The first-order valence-electron chi connectivity index (χ1n) is 9.42. The third kappa shape index (κ3) is 5.97. The molecule has 3 rings (SSSR count). The number of pyridine rings is 1. The first-order valence-corrected chi connectivity index (χ1v) is 9.42. The molecule has 1 amide bonds. The summed E-state index contributed by atoms with van der Waals surface area (Å²) in [6.07, 6.45) is 2.39. The average Bonchev–Trinajstić information content (AvgIpc) is 2.78. The Kier molecular flexibility index (Phi) is 7.05. The summed E-state index contributed by atoms with van der Waals surface area (Å²) < 4.78 is 10.3. The monoisotopic (exact) mass is 391 g/mol. The molecule has 0 aliphatic rings. The quantitative estimate of drug-likeness (QED) is 0.582. The number of ether oxygens (including phenoxy) is 2. The van der Waals surface area contributed by atoms with Gasteiger partial charge in [0, 0.05) is 24.8 Å². The highest BCUT2D eigenvalue weighted by atomic mass is 16.5. The largest absolute Gasteiger partial charge is 0.497 e. The van der Waals surface area contributed by atoms with Crippen LogP contribution in [-0.4, -0.2) is 31.7 Å². The van der Waals surface area contributed by atoms with E-state index >= 15 is 0 Å². The zero-order valence-electron chi connectivity index (χ0n) is 16.6. The molecule has 0 fully saturated rings.